The summed E-state index contributed by atoms with van der Waals surface area (Å²) in [4.78, 5) is 11.1. The van der Waals surface area contributed by atoms with E-state index in [0.29, 0.717) is 11.2 Å². The molecule has 2 heterocycles. The summed E-state index contributed by atoms with van der Waals surface area (Å²) in [5, 5.41) is 4.11. The second-order valence-electron chi connectivity index (χ2n) is 5.32. The van der Waals surface area contributed by atoms with Crippen LogP contribution >= 0.6 is 35.7 Å². The van der Waals surface area contributed by atoms with Crippen LogP contribution < -0.4 is 5.32 Å². The number of nitrogens with one attached hydrogen (secondary N) is 1. The Bertz CT molecular complexity index is 439. The number of aromatic nitrogens is 1. The van der Waals surface area contributed by atoms with Crippen molar-refractivity contribution in [3.05, 3.63) is 30.1 Å². The Morgan fingerprint density at radius 1 is 1.52 bits per heavy atom. The van der Waals surface area contributed by atoms with Crippen LogP contribution in [-0.2, 0) is 6.54 Å². The summed E-state index contributed by atoms with van der Waals surface area (Å²) < 4.78 is 0. The van der Waals surface area contributed by atoms with E-state index in [-0.39, 0.29) is 24.0 Å². The molecule has 0 amide bonds. The summed E-state index contributed by atoms with van der Waals surface area (Å²) in [5.74, 6) is 2.87. The second kappa shape index (κ2) is 9.50. The normalized spacial score (nSPS) is 19.3. The van der Waals surface area contributed by atoms with E-state index in [2.05, 4.69) is 45.8 Å². The van der Waals surface area contributed by atoms with E-state index >= 15 is 0 Å². The minimum Gasteiger partial charge on any atom is -0.351 e. The lowest BCUT2D eigenvalue weighted by atomic mass is 10.1. The number of nitrogens with zero attached hydrogens (tertiary/aromatic N) is 3. The summed E-state index contributed by atoms with van der Waals surface area (Å²) in [6.45, 7) is 7.46. The lowest BCUT2D eigenvalue weighted by molar-refractivity contribution is 0.380. The highest BCUT2D eigenvalue weighted by molar-refractivity contribution is 14.0. The van der Waals surface area contributed by atoms with Crippen LogP contribution in [0.3, 0.4) is 0 Å². The predicted molar refractivity (Wildman–Crippen MR) is 103 cm³/mol. The molecule has 0 saturated carbocycles. The Morgan fingerprint density at radius 2 is 2.33 bits per heavy atom. The van der Waals surface area contributed by atoms with Crippen molar-refractivity contribution in [1.29, 1.82) is 0 Å². The lowest BCUT2D eigenvalue weighted by Gasteiger charge is -2.36. The molecule has 1 saturated heterocycles. The number of hydrogen-bond acceptors (Lipinski definition) is 3. The molecule has 21 heavy (non-hydrogen) atoms. The highest BCUT2D eigenvalue weighted by Gasteiger charge is 2.24. The first-order chi connectivity index (χ1) is 9.70. The van der Waals surface area contributed by atoms with Gasteiger partial charge < -0.3 is 10.2 Å². The summed E-state index contributed by atoms with van der Waals surface area (Å²) in [7, 11) is 1.85. The molecule has 1 unspecified atom stereocenters. The van der Waals surface area contributed by atoms with Gasteiger partial charge in [0.1, 0.15) is 0 Å². The van der Waals surface area contributed by atoms with Crippen LogP contribution in [0.25, 0.3) is 0 Å². The van der Waals surface area contributed by atoms with Crippen molar-refractivity contribution in [2.24, 2.45) is 10.9 Å². The summed E-state index contributed by atoms with van der Waals surface area (Å²) >= 11 is 2.08. The van der Waals surface area contributed by atoms with E-state index in [1.54, 1.807) is 0 Å². The van der Waals surface area contributed by atoms with Gasteiger partial charge in [-0.3, -0.25) is 9.98 Å². The number of pyridine rings is 1. The fourth-order valence-corrected chi connectivity index (χ4v) is 3.57. The molecule has 0 aromatic carbocycles. The number of aliphatic imine (C=N–C) groups is 1. The number of guanidine groups is 1. The third-order valence-corrected chi connectivity index (χ3v) is 5.04. The summed E-state index contributed by atoms with van der Waals surface area (Å²) in [5.41, 5.74) is 1.04. The van der Waals surface area contributed by atoms with Gasteiger partial charge >= 0.3 is 0 Å². The van der Waals surface area contributed by atoms with Crippen LogP contribution in [-0.4, -0.2) is 47.0 Å². The maximum atomic E-state index is 4.41. The number of halogens is 1. The molecule has 2 rings (SSSR count). The van der Waals surface area contributed by atoms with Gasteiger partial charge in [-0.25, -0.2) is 0 Å². The van der Waals surface area contributed by atoms with Gasteiger partial charge in [0.2, 0.25) is 0 Å². The standard InChI is InChI=1S/C15H24N4S.HI/c1-12(2)14-11-19(8-9-20-14)15(16-3)18-10-13-6-4-5-7-17-13;/h4-7,12,14H,8-11H2,1-3H3,(H,16,18);1H. The molecule has 6 heteroatoms. The van der Waals surface area contributed by atoms with Gasteiger partial charge in [0, 0.05) is 37.3 Å². The Kier molecular flexibility index (Phi) is 8.39. The number of rotatable bonds is 3. The molecule has 1 aromatic rings. The second-order valence-corrected chi connectivity index (χ2v) is 6.67. The van der Waals surface area contributed by atoms with E-state index in [4.69, 9.17) is 0 Å². The van der Waals surface area contributed by atoms with Gasteiger partial charge in [-0.15, -0.1) is 24.0 Å². The molecule has 0 aliphatic carbocycles. The van der Waals surface area contributed by atoms with Crippen molar-refractivity contribution >= 4 is 41.7 Å². The first-order valence-electron chi connectivity index (χ1n) is 7.18. The maximum Gasteiger partial charge on any atom is 0.194 e. The minimum atomic E-state index is 0. The highest BCUT2D eigenvalue weighted by Crippen LogP contribution is 2.24. The van der Waals surface area contributed by atoms with Gasteiger partial charge in [0.25, 0.3) is 0 Å². The monoisotopic (exact) mass is 420 g/mol. The molecule has 1 fully saturated rings. The maximum absolute atomic E-state index is 4.41. The van der Waals surface area contributed by atoms with Crippen LogP contribution in [0.4, 0.5) is 0 Å². The Hall–Kier alpha value is -0.500. The van der Waals surface area contributed by atoms with Crippen LogP contribution in [0.5, 0.6) is 0 Å². The zero-order valence-electron chi connectivity index (χ0n) is 13.0. The molecule has 1 N–H and O–H groups in total. The molecule has 1 aliphatic heterocycles. The van der Waals surface area contributed by atoms with Crippen molar-refractivity contribution in [2.45, 2.75) is 25.6 Å². The molecule has 0 radical (unpaired) electrons. The Balaban J connectivity index is 0.00000220. The van der Waals surface area contributed by atoms with E-state index in [9.17, 15) is 0 Å². The molecule has 0 bridgehead atoms. The topological polar surface area (TPSA) is 40.5 Å². The van der Waals surface area contributed by atoms with Crippen LogP contribution in [0.1, 0.15) is 19.5 Å². The SMILES string of the molecule is CN=C(NCc1ccccn1)N1CCSC(C(C)C)C1.I. The zero-order valence-corrected chi connectivity index (χ0v) is 16.1. The first kappa shape index (κ1) is 18.5. The molecular weight excluding hydrogens is 395 g/mol. The van der Waals surface area contributed by atoms with Gasteiger partial charge in [0.05, 0.1) is 12.2 Å². The molecule has 4 nitrogen and oxygen atoms in total. The van der Waals surface area contributed by atoms with Gasteiger partial charge in [-0.05, 0) is 18.1 Å². The summed E-state index contributed by atoms with van der Waals surface area (Å²) in [6.07, 6.45) is 1.83. The molecule has 1 aromatic heterocycles. The quantitative estimate of drug-likeness (QED) is 0.464. The number of hydrogen-bond donors (Lipinski definition) is 1. The first-order valence-corrected chi connectivity index (χ1v) is 8.22. The van der Waals surface area contributed by atoms with E-state index < -0.39 is 0 Å². The highest BCUT2D eigenvalue weighted by atomic mass is 127. The third-order valence-electron chi connectivity index (χ3n) is 3.50. The fraction of sp³-hybridized carbons (Fsp3) is 0.600. The largest absolute Gasteiger partial charge is 0.351 e. The molecule has 0 spiro atoms. The zero-order chi connectivity index (χ0) is 14.4. The predicted octanol–water partition coefficient (Wildman–Crippen LogP) is 2.85. The number of thioether (sulfide) groups is 1. The smallest absolute Gasteiger partial charge is 0.194 e. The minimum absolute atomic E-state index is 0. The lowest BCUT2D eigenvalue weighted by Crippen LogP contribution is -2.48. The Morgan fingerprint density at radius 3 is 2.95 bits per heavy atom. The van der Waals surface area contributed by atoms with E-state index in [1.165, 1.54) is 5.75 Å². The molecule has 1 aliphatic rings. The fourth-order valence-electron chi connectivity index (χ4n) is 2.28. The molecule has 1 atom stereocenters. The van der Waals surface area contributed by atoms with Gasteiger partial charge in [-0.2, -0.15) is 11.8 Å². The third kappa shape index (κ3) is 5.65. The van der Waals surface area contributed by atoms with Crippen molar-refractivity contribution in [3.63, 3.8) is 0 Å². The van der Waals surface area contributed by atoms with Crippen molar-refractivity contribution in [2.75, 3.05) is 25.9 Å². The van der Waals surface area contributed by atoms with Crippen molar-refractivity contribution < 1.29 is 0 Å². The van der Waals surface area contributed by atoms with E-state index in [1.807, 2.05) is 31.4 Å². The van der Waals surface area contributed by atoms with Gasteiger partial charge in [-0.1, -0.05) is 19.9 Å². The average molecular weight is 420 g/mol. The molecular formula is C15H25IN4S. The van der Waals surface area contributed by atoms with Crippen molar-refractivity contribution in [1.82, 2.24) is 15.2 Å². The van der Waals surface area contributed by atoms with Crippen molar-refractivity contribution in [3.8, 4) is 0 Å². The Labute approximate surface area is 149 Å². The summed E-state index contributed by atoms with van der Waals surface area (Å²) in [6, 6.07) is 5.98. The van der Waals surface area contributed by atoms with Gasteiger partial charge in [0.15, 0.2) is 5.96 Å². The van der Waals surface area contributed by atoms with Crippen LogP contribution in [0.15, 0.2) is 29.4 Å². The van der Waals surface area contributed by atoms with E-state index in [0.717, 1.165) is 31.3 Å². The average Bonchev–Trinajstić information content (AvgIpc) is 2.49. The van der Waals surface area contributed by atoms with Crippen LogP contribution in [0.2, 0.25) is 0 Å². The van der Waals surface area contributed by atoms with Crippen LogP contribution in [0, 0.1) is 5.92 Å². The molecule has 118 valence electrons.